The van der Waals surface area contributed by atoms with Gasteiger partial charge in [0.1, 0.15) is 23.6 Å². The summed E-state index contributed by atoms with van der Waals surface area (Å²) in [6.07, 6.45) is 2.12. The summed E-state index contributed by atoms with van der Waals surface area (Å²) in [5, 5.41) is 4.26. The van der Waals surface area contributed by atoms with E-state index in [4.69, 9.17) is 14.2 Å². The van der Waals surface area contributed by atoms with E-state index in [-0.39, 0.29) is 0 Å². The molecular formula is C20H21N3O4. The number of para-hydroxylation sites is 1. The zero-order valence-corrected chi connectivity index (χ0v) is 15.3. The lowest BCUT2D eigenvalue weighted by atomic mass is 10.1. The van der Waals surface area contributed by atoms with E-state index in [1.807, 2.05) is 36.4 Å². The van der Waals surface area contributed by atoms with Gasteiger partial charge in [-0.1, -0.05) is 12.1 Å². The van der Waals surface area contributed by atoms with Crippen LogP contribution in [0.15, 0.2) is 42.7 Å². The Morgan fingerprint density at radius 3 is 2.74 bits per heavy atom. The normalized spacial score (nSPS) is 10.4. The molecule has 0 bridgehead atoms. The van der Waals surface area contributed by atoms with Gasteiger partial charge in [0, 0.05) is 30.0 Å². The highest BCUT2D eigenvalue weighted by Gasteiger charge is 2.10. The fourth-order valence-electron chi connectivity index (χ4n) is 2.89. The van der Waals surface area contributed by atoms with E-state index in [9.17, 15) is 4.79 Å². The zero-order chi connectivity index (χ0) is 19.1. The summed E-state index contributed by atoms with van der Waals surface area (Å²) in [7, 11) is 3.25. The van der Waals surface area contributed by atoms with E-state index >= 15 is 0 Å². The van der Waals surface area contributed by atoms with Crippen LogP contribution in [0.2, 0.25) is 0 Å². The monoisotopic (exact) mass is 367 g/mol. The van der Waals surface area contributed by atoms with Gasteiger partial charge in [-0.2, -0.15) is 0 Å². The quantitative estimate of drug-likeness (QED) is 0.460. The molecule has 0 spiro atoms. The Kier molecular flexibility index (Phi) is 6.04. The molecule has 1 aromatic heterocycles. The highest BCUT2D eigenvalue weighted by atomic mass is 16.5. The lowest BCUT2D eigenvalue weighted by Gasteiger charge is -2.13. The Bertz CT molecular complexity index is 930. The molecule has 0 saturated heterocycles. The van der Waals surface area contributed by atoms with Crippen molar-refractivity contribution in [3.63, 3.8) is 0 Å². The van der Waals surface area contributed by atoms with Gasteiger partial charge in [0.15, 0.2) is 0 Å². The second-order valence-corrected chi connectivity index (χ2v) is 5.78. The highest BCUT2D eigenvalue weighted by Crippen LogP contribution is 2.27. The number of carbonyl (C=O) groups is 1. The number of methoxy groups -OCH3 is 2. The Balaban J connectivity index is 1.83. The first-order valence-corrected chi connectivity index (χ1v) is 8.49. The third kappa shape index (κ3) is 4.25. The molecular weight excluding hydrogens is 346 g/mol. The average molecular weight is 367 g/mol. The third-order valence-electron chi connectivity index (χ3n) is 4.25. The molecule has 0 amide bonds. The summed E-state index contributed by atoms with van der Waals surface area (Å²) in [6.45, 7) is 1.31. The second kappa shape index (κ2) is 8.84. The SMILES string of the molecule is COc1ccc(CNc2ncnc3c(CCOC=O)cccc23)c(OC)c1. The summed E-state index contributed by atoms with van der Waals surface area (Å²) in [6, 6.07) is 11.6. The van der Waals surface area contributed by atoms with E-state index in [1.54, 1.807) is 14.2 Å². The van der Waals surface area contributed by atoms with E-state index in [0.29, 0.717) is 26.0 Å². The maximum atomic E-state index is 10.3. The summed E-state index contributed by atoms with van der Waals surface area (Å²) >= 11 is 0. The Hall–Kier alpha value is -3.35. The molecule has 0 fully saturated rings. The Morgan fingerprint density at radius 1 is 1.07 bits per heavy atom. The number of aromatic nitrogens is 2. The molecule has 0 atom stereocenters. The molecule has 3 rings (SSSR count). The maximum absolute atomic E-state index is 10.3. The third-order valence-corrected chi connectivity index (χ3v) is 4.25. The van der Waals surface area contributed by atoms with Crippen molar-refractivity contribution in [3.05, 3.63) is 53.9 Å². The Morgan fingerprint density at radius 2 is 1.96 bits per heavy atom. The van der Waals surface area contributed by atoms with Crippen molar-refractivity contribution in [2.75, 3.05) is 26.1 Å². The predicted octanol–water partition coefficient (Wildman–Crippen LogP) is 2.97. The lowest BCUT2D eigenvalue weighted by molar-refractivity contribution is -0.128. The van der Waals surface area contributed by atoms with Crippen LogP contribution in [0.3, 0.4) is 0 Å². The summed E-state index contributed by atoms with van der Waals surface area (Å²) in [4.78, 5) is 19.1. The first-order chi connectivity index (χ1) is 13.3. The van der Waals surface area contributed by atoms with Gasteiger partial charge in [0.05, 0.1) is 26.3 Å². The molecule has 0 radical (unpaired) electrons. The molecule has 3 aromatic rings. The minimum Gasteiger partial charge on any atom is -0.497 e. The smallest absolute Gasteiger partial charge is 0.293 e. The van der Waals surface area contributed by atoms with Gasteiger partial charge in [-0.05, 0) is 23.8 Å². The number of benzene rings is 2. The second-order valence-electron chi connectivity index (χ2n) is 5.78. The molecule has 140 valence electrons. The van der Waals surface area contributed by atoms with Gasteiger partial charge in [-0.3, -0.25) is 4.79 Å². The minimum absolute atomic E-state index is 0.318. The Labute approximate surface area is 157 Å². The number of rotatable bonds is 9. The fraction of sp³-hybridized carbons (Fsp3) is 0.250. The van der Waals surface area contributed by atoms with Gasteiger partial charge in [0.2, 0.25) is 0 Å². The van der Waals surface area contributed by atoms with Crippen LogP contribution in [-0.2, 0) is 22.5 Å². The van der Waals surface area contributed by atoms with Crippen molar-refractivity contribution in [1.82, 2.24) is 9.97 Å². The molecule has 7 heteroatoms. The number of nitrogens with one attached hydrogen (secondary N) is 1. The largest absolute Gasteiger partial charge is 0.497 e. The average Bonchev–Trinajstić information content (AvgIpc) is 2.72. The summed E-state index contributed by atoms with van der Waals surface area (Å²) in [5.74, 6) is 2.22. The summed E-state index contributed by atoms with van der Waals surface area (Å²) in [5.41, 5.74) is 2.83. The minimum atomic E-state index is 0.318. The molecule has 0 aliphatic heterocycles. The van der Waals surface area contributed by atoms with Crippen molar-refractivity contribution in [3.8, 4) is 11.5 Å². The summed E-state index contributed by atoms with van der Waals surface area (Å²) < 4.78 is 15.5. The number of hydrogen-bond acceptors (Lipinski definition) is 7. The van der Waals surface area contributed by atoms with Crippen LogP contribution in [-0.4, -0.2) is 37.3 Å². The number of hydrogen-bond donors (Lipinski definition) is 1. The number of anilines is 1. The fourth-order valence-corrected chi connectivity index (χ4v) is 2.89. The van der Waals surface area contributed by atoms with E-state index in [1.165, 1.54) is 6.33 Å². The van der Waals surface area contributed by atoms with Crippen molar-refractivity contribution in [2.45, 2.75) is 13.0 Å². The molecule has 0 aliphatic rings. The van der Waals surface area contributed by atoms with E-state index in [0.717, 1.165) is 39.3 Å². The topological polar surface area (TPSA) is 82.6 Å². The van der Waals surface area contributed by atoms with Crippen molar-refractivity contribution < 1.29 is 19.0 Å². The van der Waals surface area contributed by atoms with Crippen LogP contribution in [0.4, 0.5) is 5.82 Å². The van der Waals surface area contributed by atoms with Crippen LogP contribution >= 0.6 is 0 Å². The lowest BCUT2D eigenvalue weighted by Crippen LogP contribution is -2.05. The van der Waals surface area contributed by atoms with Gasteiger partial charge in [0.25, 0.3) is 6.47 Å². The number of carbonyl (C=O) groups excluding carboxylic acids is 1. The first-order valence-electron chi connectivity index (χ1n) is 8.49. The van der Waals surface area contributed by atoms with Crippen LogP contribution in [0.25, 0.3) is 10.9 Å². The number of fused-ring (bicyclic) bond motifs is 1. The van der Waals surface area contributed by atoms with Crippen molar-refractivity contribution >= 4 is 23.2 Å². The highest BCUT2D eigenvalue weighted by molar-refractivity contribution is 5.91. The van der Waals surface area contributed by atoms with Gasteiger partial charge in [-0.15, -0.1) is 0 Å². The van der Waals surface area contributed by atoms with Crippen LogP contribution in [0.1, 0.15) is 11.1 Å². The van der Waals surface area contributed by atoms with Crippen LogP contribution in [0, 0.1) is 0 Å². The van der Waals surface area contributed by atoms with Crippen LogP contribution < -0.4 is 14.8 Å². The maximum Gasteiger partial charge on any atom is 0.293 e. The number of ether oxygens (including phenoxy) is 3. The molecule has 1 heterocycles. The molecule has 2 aromatic carbocycles. The predicted molar refractivity (Wildman–Crippen MR) is 102 cm³/mol. The molecule has 0 aliphatic carbocycles. The van der Waals surface area contributed by atoms with Crippen molar-refractivity contribution in [2.24, 2.45) is 0 Å². The van der Waals surface area contributed by atoms with Crippen LogP contribution in [0.5, 0.6) is 11.5 Å². The van der Waals surface area contributed by atoms with E-state index in [2.05, 4.69) is 15.3 Å². The molecule has 0 saturated carbocycles. The van der Waals surface area contributed by atoms with Gasteiger partial charge < -0.3 is 19.5 Å². The standard InChI is InChI=1S/C20H21N3O4/c1-25-16-7-6-15(18(10-16)26-2)11-21-20-17-5-3-4-14(8-9-27-13-24)19(17)22-12-23-20/h3-7,10,12-13H,8-9,11H2,1-2H3,(H,21,22,23). The zero-order valence-electron chi connectivity index (χ0n) is 15.3. The van der Waals surface area contributed by atoms with Gasteiger partial charge >= 0.3 is 0 Å². The molecule has 0 unspecified atom stereocenters. The molecule has 27 heavy (non-hydrogen) atoms. The molecule has 7 nitrogen and oxygen atoms in total. The first kappa shape index (κ1) is 18.4. The molecule has 1 N–H and O–H groups in total. The van der Waals surface area contributed by atoms with E-state index < -0.39 is 0 Å². The van der Waals surface area contributed by atoms with Gasteiger partial charge in [-0.25, -0.2) is 9.97 Å². The van der Waals surface area contributed by atoms with Crippen molar-refractivity contribution in [1.29, 1.82) is 0 Å². The number of nitrogens with zero attached hydrogens (tertiary/aromatic N) is 2.